The maximum atomic E-state index is 5.21. The van der Waals surface area contributed by atoms with Crippen LogP contribution in [0.25, 0.3) is 0 Å². The second kappa shape index (κ2) is 6.29. The van der Waals surface area contributed by atoms with Gasteiger partial charge in [0.2, 0.25) is 0 Å². The average Bonchev–Trinajstić information content (AvgIpc) is 1.87. The summed E-state index contributed by atoms with van der Waals surface area (Å²) in [5.41, 5.74) is 6.17. The van der Waals surface area contributed by atoms with Crippen molar-refractivity contribution in [3.05, 3.63) is 12.2 Å². The van der Waals surface area contributed by atoms with Crippen LogP contribution in [0.15, 0.2) is 17.3 Å². The normalized spacial score (nSPS) is 10.2. The van der Waals surface area contributed by atoms with E-state index in [1.807, 2.05) is 6.92 Å². The van der Waals surface area contributed by atoms with Crippen LogP contribution in [0.3, 0.4) is 0 Å². The van der Waals surface area contributed by atoms with Gasteiger partial charge in [0.25, 0.3) is 0 Å². The van der Waals surface area contributed by atoms with Gasteiger partial charge in [-0.1, -0.05) is 11.7 Å². The standard InChI is InChI=1S/C7H14N2O/c1-7(2)6-10-9-5-3-4-8/h5H,1,3-4,6,8H2,2H3. The lowest BCUT2D eigenvalue weighted by atomic mass is 10.4. The third-order valence-electron chi connectivity index (χ3n) is 0.756. The van der Waals surface area contributed by atoms with Crippen LogP contribution in [0.4, 0.5) is 0 Å². The Morgan fingerprint density at radius 1 is 1.80 bits per heavy atom. The summed E-state index contributed by atoms with van der Waals surface area (Å²) in [5, 5.41) is 3.64. The van der Waals surface area contributed by atoms with Crippen molar-refractivity contribution in [3.8, 4) is 0 Å². The number of hydrogen-bond donors (Lipinski definition) is 1. The van der Waals surface area contributed by atoms with Crippen molar-refractivity contribution in [2.24, 2.45) is 10.9 Å². The molecule has 10 heavy (non-hydrogen) atoms. The summed E-state index contributed by atoms with van der Waals surface area (Å²) >= 11 is 0. The first-order valence-electron chi connectivity index (χ1n) is 3.25. The van der Waals surface area contributed by atoms with E-state index in [-0.39, 0.29) is 0 Å². The second-order valence-electron chi connectivity index (χ2n) is 2.10. The lowest BCUT2D eigenvalue weighted by Crippen LogP contribution is -1.98. The Morgan fingerprint density at radius 2 is 2.50 bits per heavy atom. The minimum atomic E-state index is 0.487. The van der Waals surface area contributed by atoms with Gasteiger partial charge in [0.15, 0.2) is 0 Å². The van der Waals surface area contributed by atoms with Crippen molar-refractivity contribution >= 4 is 6.21 Å². The van der Waals surface area contributed by atoms with Gasteiger partial charge in [0.05, 0.1) is 0 Å². The molecular weight excluding hydrogens is 128 g/mol. The van der Waals surface area contributed by atoms with Gasteiger partial charge in [-0.05, 0) is 25.5 Å². The smallest absolute Gasteiger partial charge is 0.137 e. The molecule has 0 rings (SSSR count). The molecule has 0 aromatic carbocycles. The Bertz CT molecular complexity index is 121. The summed E-state index contributed by atoms with van der Waals surface area (Å²) < 4.78 is 0. The number of hydrogen-bond acceptors (Lipinski definition) is 3. The topological polar surface area (TPSA) is 47.6 Å². The molecule has 0 aliphatic heterocycles. The zero-order chi connectivity index (χ0) is 7.82. The van der Waals surface area contributed by atoms with E-state index in [4.69, 9.17) is 10.6 Å². The van der Waals surface area contributed by atoms with Crippen molar-refractivity contribution in [1.82, 2.24) is 0 Å². The van der Waals surface area contributed by atoms with Gasteiger partial charge in [-0.25, -0.2) is 0 Å². The van der Waals surface area contributed by atoms with Gasteiger partial charge in [-0.3, -0.25) is 0 Å². The van der Waals surface area contributed by atoms with Crippen LogP contribution in [0.2, 0.25) is 0 Å². The van der Waals surface area contributed by atoms with E-state index in [1.165, 1.54) is 0 Å². The molecule has 2 N–H and O–H groups in total. The molecule has 0 aliphatic carbocycles. The quantitative estimate of drug-likeness (QED) is 0.352. The predicted octanol–water partition coefficient (Wildman–Crippen LogP) is 0.914. The molecule has 0 bridgehead atoms. The minimum absolute atomic E-state index is 0.487. The molecule has 0 atom stereocenters. The van der Waals surface area contributed by atoms with Crippen molar-refractivity contribution in [2.45, 2.75) is 13.3 Å². The summed E-state index contributed by atoms with van der Waals surface area (Å²) in [4.78, 5) is 4.81. The monoisotopic (exact) mass is 142 g/mol. The Kier molecular flexibility index (Phi) is 5.77. The Hall–Kier alpha value is -0.830. The number of nitrogens with zero attached hydrogens (tertiary/aromatic N) is 1. The van der Waals surface area contributed by atoms with Crippen LogP contribution < -0.4 is 5.73 Å². The molecule has 0 aliphatic rings. The summed E-state index contributed by atoms with van der Waals surface area (Å²) in [5.74, 6) is 0. The molecule has 0 saturated carbocycles. The molecule has 0 unspecified atom stereocenters. The molecule has 58 valence electrons. The SMILES string of the molecule is C=C(C)CON=CCCN. The van der Waals surface area contributed by atoms with E-state index in [9.17, 15) is 0 Å². The third kappa shape index (κ3) is 7.17. The van der Waals surface area contributed by atoms with E-state index in [2.05, 4.69) is 11.7 Å². The maximum absolute atomic E-state index is 5.21. The summed E-state index contributed by atoms with van der Waals surface area (Å²) in [6, 6.07) is 0. The van der Waals surface area contributed by atoms with E-state index < -0.39 is 0 Å². The third-order valence-corrected chi connectivity index (χ3v) is 0.756. The van der Waals surface area contributed by atoms with Crippen molar-refractivity contribution in [1.29, 1.82) is 0 Å². The number of oxime groups is 1. The second-order valence-corrected chi connectivity index (χ2v) is 2.10. The van der Waals surface area contributed by atoms with E-state index in [1.54, 1.807) is 6.21 Å². The Labute approximate surface area is 61.5 Å². The maximum Gasteiger partial charge on any atom is 0.137 e. The van der Waals surface area contributed by atoms with Crippen LogP contribution >= 0.6 is 0 Å². The van der Waals surface area contributed by atoms with Gasteiger partial charge in [0, 0.05) is 6.21 Å². The van der Waals surface area contributed by atoms with Gasteiger partial charge in [0.1, 0.15) is 6.61 Å². The molecule has 0 aromatic heterocycles. The first-order chi connectivity index (χ1) is 4.77. The fourth-order valence-electron chi connectivity index (χ4n) is 0.327. The summed E-state index contributed by atoms with van der Waals surface area (Å²) in [6.45, 7) is 6.63. The Morgan fingerprint density at radius 3 is 3.00 bits per heavy atom. The molecule has 0 saturated heterocycles. The highest BCUT2D eigenvalue weighted by Gasteiger charge is 1.81. The highest BCUT2D eigenvalue weighted by atomic mass is 16.6. The van der Waals surface area contributed by atoms with Crippen LogP contribution in [-0.4, -0.2) is 19.4 Å². The van der Waals surface area contributed by atoms with Crippen molar-refractivity contribution in [3.63, 3.8) is 0 Å². The zero-order valence-electron chi connectivity index (χ0n) is 6.34. The van der Waals surface area contributed by atoms with E-state index in [0.717, 1.165) is 12.0 Å². The molecule has 0 amide bonds. The molecule has 0 heterocycles. The largest absolute Gasteiger partial charge is 0.392 e. The molecular formula is C7H14N2O. The predicted molar refractivity (Wildman–Crippen MR) is 42.9 cm³/mol. The van der Waals surface area contributed by atoms with Crippen LogP contribution in [-0.2, 0) is 4.84 Å². The van der Waals surface area contributed by atoms with Gasteiger partial charge < -0.3 is 10.6 Å². The minimum Gasteiger partial charge on any atom is -0.392 e. The van der Waals surface area contributed by atoms with Crippen LogP contribution in [0, 0.1) is 0 Å². The highest BCUT2D eigenvalue weighted by Crippen LogP contribution is 1.87. The first kappa shape index (κ1) is 9.17. The van der Waals surface area contributed by atoms with Crippen LogP contribution in [0.5, 0.6) is 0 Å². The number of nitrogens with two attached hydrogens (primary N) is 1. The molecule has 0 aromatic rings. The molecule has 0 radical (unpaired) electrons. The molecule has 3 heteroatoms. The average molecular weight is 142 g/mol. The lowest BCUT2D eigenvalue weighted by molar-refractivity contribution is 0.169. The molecule has 3 nitrogen and oxygen atoms in total. The fourth-order valence-corrected chi connectivity index (χ4v) is 0.327. The lowest BCUT2D eigenvalue weighted by Gasteiger charge is -1.94. The van der Waals surface area contributed by atoms with E-state index in [0.29, 0.717) is 13.2 Å². The number of rotatable bonds is 5. The Balaban J connectivity index is 3.10. The molecule has 0 fully saturated rings. The van der Waals surface area contributed by atoms with Crippen LogP contribution in [0.1, 0.15) is 13.3 Å². The fraction of sp³-hybridized carbons (Fsp3) is 0.571. The van der Waals surface area contributed by atoms with Crippen molar-refractivity contribution < 1.29 is 4.84 Å². The van der Waals surface area contributed by atoms with Gasteiger partial charge >= 0.3 is 0 Å². The highest BCUT2D eigenvalue weighted by molar-refractivity contribution is 5.56. The molecule has 0 spiro atoms. The van der Waals surface area contributed by atoms with E-state index >= 15 is 0 Å². The van der Waals surface area contributed by atoms with Gasteiger partial charge in [-0.2, -0.15) is 0 Å². The first-order valence-corrected chi connectivity index (χ1v) is 3.25. The zero-order valence-corrected chi connectivity index (χ0v) is 6.34. The van der Waals surface area contributed by atoms with Gasteiger partial charge in [-0.15, -0.1) is 0 Å². The summed E-state index contributed by atoms with van der Waals surface area (Å²) in [7, 11) is 0. The van der Waals surface area contributed by atoms with Crippen molar-refractivity contribution in [2.75, 3.05) is 13.2 Å². The summed E-state index contributed by atoms with van der Waals surface area (Å²) in [6.07, 6.45) is 2.42.